The van der Waals surface area contributed by atoms with Gasteiger partial charge in [0.25, 0.3) is 5.85 Å². The van der Waals surface area contributed by atoms with Gasteiger partial charge in [-0.15, -0.1) is 0 Å². The van der Waals surface area contributed by atoms with Gasteiger partial charge in [-0.3, -0.25) is 0 Å². The van der Waals surface area contributed by atoms with Crippen LogP contribution >= 0.6 is 0 Å². The molecule has 2 aliphatic carbocycles. The van der Waals surface area contributed by atoms with E-state index in [-0.39, 0.29) is 0 Å². The van der Waals surface area contributed by atoms with Crippen LogP contribution in [-0.2, 0) is 16.4 Å². The van der Waals surface area contributed by atoms with E-state index in [1.165, 1.54) is 0 Å². The van der Waals surface area contributed by atoms with Crippen LogP contribution in [0.15, 0.2) is 5.83 Å². The van der Waals surface area contributed by atoms with Gasteiger partial charge in [0.1, 0.15) is 0 Å². The van der Waals surface area contributed by atoms with Crippen molar-refractivity contribution in [3.8, 4) is 28.0 Å². The molecule has 1 atom stereocenters. The zero-order valence-electron chi connectivity index (χ0n) is 27.8. The normalized spacial score (nSPS) is 16.3. The Morgan fingerprint density at radius 1 is 0.306 bits per heavy atom. The predicted octanol–water partition coefficient (Wildman–Crippen LogP) is 11.5. The fourth-order valence-corrected chi connectivity index (χ4v) is 6.52. The summed E-state index contributed by atoms with van der Waals surface area (Å²) >= 11 is 0. The molecule has 1 unspecified atom stereocenters. The summed E-state index contributed by atoms with van der Waals surface area (Å²) in [7, 11) is -4.93. The van der Waals surface area contributed by atoms with Crippen molar-refractivity contribution in [2.24, 2.45) is 0 Å². The summed E-state index contributed by atoms with van der Waals surface area (Å²) in [6.45, 7) is 0. The van der Waals surface area contributed by atoms with Crippen molar-refractivity contribution in [3.63, 3.8) is 0 Å². The maximum Gasteiger partial charge on any atom is 0.569 e. The molecule has 0 bridgehead atoms. The molecule has 0 saturated carbocycles. The van der Waals surface area contributed by atoms with E-state index < -0.39 is 203 Å². The average molecular weight is 926 g/mol. The molecule has 0 N–H and O–H groups in total. The van der Waals surface area contributed by atoms with Crippen LogP contribution in [-0.4, -0.2) is 7.12 Å². The zero-order valence-corrected chi connectivity index (χ0v) is 27.8. The number of halogens is 25. The van der Waals surface area contributed by atoms with Crippen LogP contribution in [0, 0.1) is 116 Å². The van der Waals surface area contributed by atoms with Gasteiger partial charge >= 0.3 is 13.0 Å². The van der Waals surface area contributed by atoms with Crippen LogP contribution in [0.25, 0.3) is 28.1 Å². The van der Waals surface area contributed by atoms with Crippen LogP contribution in [0.3, 0.4) is 0 Å². The van der Waals surface area contributed by atoms with Crippen LogP contribution in [0.5, 0.6) is 5.75 Å². The van der Waals surface area contributed by atoms with Crippen molar-refractivity contribution in [2.45, 2.75) is 11.8 Å². The first-order valence-electron chi connectivity index (χ1n) is 15.4. The molecule has 0 spiro atoms. The molecule has 0 heterocycles. The highest BCUT2D eigenvalue weighted by Crippen LogP contribution is 2.57. The number of rotatable bonds is 6. The lowest BCUT2D eigenvalue weighted by Crippen LogP contribution is -2.50. The minimum atomic E-state index is -6.08. The molecule has 62 heavy (non-hydrogen) atoms. The molecule has 326 valence electrons. The number of fused-ring (bicyclic) bond motifs is 4. The minimum absolute atomic E-state index is 2.67. The maximum atomic E-state index is 16.8. The Hall–Kier alpha value is -6.09. The largest absolute Gasteiger partial charge is 0.569 e. The predicted molar refractivity (Wildman–Crippen MR) is 151 cm³/mol. The zero-order chi connectivity index (χ0) is 46.5. The number of benzene rings is 5. The molecule has 2 nitrogen and oxygen atoms in total. The number of hydrogen-bond donors (Lipinski definition) is 0. The molecule has 0 aliphatic heterocycles. The average Bonchev–Trinajstić information content (AvgIpc) is 3.59. The second kappa shape index (κ2) is 14.0. The van der Waals surface area contributed by atoms with Gasteiger partial charge in [-0.25, -0.2) is 92.2 Å². The van der Waals surface area contributed by atoms with E-state index in [0.29, 0.717) is 0 Å². The van der Waals surface area contributed by atoms with Gasteiger partial charge in [-0.2, -0.15) is 17.6 Å². The number of hydrogen-bond acceptors (Lipinski definition) is 2. The van der Waals surface area contributed by atoms with Crippen molar-refractivity contribution in [1.82, 2.24) is 0 Å². The topological polar surface area (TPSA) is 18.5 Å². The first-order chi connectivity index (χ1) is 28.6. The van der Waals surface area contributed by atoms with Crippen molar-refractivity contribution in [2.75, 3.05) is 0 Å². The summed E-state index contributed by atoms with van der Waals surface area (Å²) in [5.74, 6) is -88.4. The van der Waals surface area contributed by atoms with E-state index in [4.69, 9.17) is 0 Å². The third-order valence-corrected chi connectivity index (χ3v) is 9.20. The Kier molecular flexibility index (Phi) is 9.91. The maximum absolute atomic E-state index is 16.8. The molecule has 0 saturated heterocycles. The van der Waals surface area contributed by atoms with Gasteiger partial charge < -0.3 is 9.31 Å². The van der Waals surface area contributed by atoms with E-state index in [0.717, 1.165) is 0 Å². The summed E-state index contributed by atoms with van der Waals surface area (Å²) in [6, 6.07) is 0. The monoisotopic (exact) mass is 926 g/mol. The Bertz CT molecular complexity index is 2920. The molecule has 0 fully saturated rings. The van der Waals surface area contributed by atoms with Gasteiger partial charge in [0, 0.05) is 22.2 Å². The van der Waals surface area contributed by atoms with Crippen molar-refractivity contribution < 1.29 is 119 Å². The molecule has 0 aromatic heterocycles. The van der Waals surface area contributed by atoms with Gasteiger partial charge in [0.15, 0.2) is 110 Å². The lowest BCUT2D eigenvalue weighted by molar-refractivity contribution is -0.0624. The lowest BCUT2D eigenvalue weighted by atomic mass is 9.72. The highest BCUT2D eigenvalue weighted by Gasteiger charge is 2.61. The summed E-state index contributed by atoms with van der Waals surface area (Å²) in [6.07, 6.45) is 0. The minimum Gasteiger partial charge on any atom is -0.529 e. The van der Waals surface area contributed by atoms with E-state index in [1.54, 1.807) is 0 Å². The second-order valence-electron chi connectivity index (χ2n) is 12.4. The smallest absolute Gasteiger partial charge is 0.529 e. The molecule has 28 heteroatoms. The van der Waals surface area contributed by atoms with Crippen molar-refractivity contribution in [1.29, 1.82) is 0 Å². The van der Waals surface area contributed by atoms with E-state index >= 15 is 61.5 Å². The standard InChI is InChI=1S/C34BF25O2/c36-10-1-2-7(17(43)26(52)21(47)11(2)37)33(58,59)6(1)9(19(45)20(10)46)35(62-34(60)8-5(16(42)32(34)57)15(41)25(51)27(53)18(8)44)61-31-4(14(40)24(50)29(55)30(31)56)3-12(38)22(48)28(54)23(49)13(3)39. The molecule has 0 amide bonds. The quantitative estimate of drug-likeness (QED) is 0.0731. The third-order valence-electron chi connectivity index (χ3n) is 9.20. The fraction of sp³-hybridized carbons (Fsp3) is 0.0588. The summed E-state index contributed by atoms with van der Waals surface area (Å²) in [5, 5.41) is 0. The summed E-state index contributed by atoms with van der Waals surface area (Å²) in [5.41, 5.74) is -26.8. The Morgan fingerprint density at radius 2 is 0.645 bits per heavy atom. The number of alkyl halides is 3. The van der Waals surface area contributed by atoms with E-state index in [2.05, 4.69) is 9.31 Å². The molecular formula is C34BF25O2. The van der Waals surface area contributed by atoms with Crippen molar-refractivity contribution in [3.05, 3.63) is 144 Å². The Morgan fingerprint density at radius 3 is 1.13 bits per heavy atom. The van der Waals surface area contributed by atoms with Crippen molar-refractivity contribution >= 4 is 18.4 Å². The van der Waals surface area contributed by atoms with Gasteiger partial charge in [-0.05, 0) is 0 Å². The van der Waals surface area contributed by atoms with Gasteiger partial charge in [0.05, 0.1) is 27.8 Å². The molecule has 7 rings (SSSR count). The third kappa shape index (κ3) is 5.42. The van der Waals surface area contributed by atoms with Crippen LogP contribution < -0.4 is 10.1 Å². The fourth-order valence-electron chi connectivity index (χ4n) is 6.52. The first kappa shape index (κ1) is 44.0. The van der Waals surface area contributed by atoms with Gasteiger partial charge in [0.2, 0.25) is 23.3 Å². The van der Waals surface area contributed by atoms with Crippen LogP contribution in [0.1, 0.15) is 22.3 Å². The second-order valence-corrected chi connectivity index (χ2v) is 12.4. The highest BCUT2D eigenvalue weighted by atomic mass is 19.3. The van der Waals surface area contributed by atoms with Gasteiger partial charge in [-0.1, -0.05) is 0 Å². The Balaban J connectivity index is 1.66. The van der Waals surface area contributed by atoms with Crippen LogP contribution in [0.4, 0.5) is 110 Å². The first-order valence-corrected chi connectivity index (χ1v) is 15.4. The summed E-state index contributed by atoms with van der Waals surface area (Å²) < 4.78 is 384. The molecule has 2 aliphatic rings. The van der Waals surface area contributed by atoms with Crippen LogP contribution in [0.2, 0.25) is 0 Å². The molecule has 0 radical (unpaired) electrons. The SMILES string of the molecule is FC1=C(F)C(F)(OB(Oc2c(F)c(F)c(F)c(F)c2-c2c(F)c(F)c(F)c(F)c2F)c2c(F)c(F)c(F)c3c2C(F)(F)c2c(F)c(F)c(F)c(F)c2-3)c2c(F)c(F)c(F)c(F)c21. The lowest BCUT2D eigenvalue weighted by Gasteiger charge is -2.29. The Labute approximate surface area is 322 Å². The van der Waals surface area contributed by atoms with E-state index in [1.807, 2.05) is 0 Å². The highest BCUT2D eigenvalue weighted by molar-refractivity contribution is 6.63. The summed E-state index contributed by atoms with van der Waals surface area (Å²) in [4.78, 5) is 0. The molecule has 5 aromatic carbocycles. The molecular weight excluding hydrogens is 926 g/mol. The van der Waals surface area contributed by atoms with E-state index in [9.17, 15) is 48.3 Å². The molecule has 5 aromatic rings.